The maximum atomic E-state index is 3.72. The third-order valence-corrected chi connectivity index (χ3v) is 4.51. The summed E-state index contributed by atoms with van der Waals surface area (Å²) in [7, 11) is 0. The first-order valence-electron chi connectivity index (χ1n) is 8.25. The Labute approximate surface area is 124 Å². The first-order chi connectivity index (χ1) is 9.72. The summed E-state index contributed by atoms with van der Waals surface area (Å²) < 4.78 is 0. The van der Waals surface area contributed by atoms with Crippen molar-refractivity contribution in [2.24, 2.45) is 5.92 Å². The summed E-state index contributed by atoms with van der Waals surface area (Å²) in [6, 6.07) is 9.52. The summed E-state index contributed by atoms with van der Waals surface area (Å²) in [5.41, 5.74) is 2.78. The second-order valence-electron chi connectivity index (χ2n) is 6.24. The van der Waals surface area contributed by atoms with Gasteiger partial charge in [0.05, 0.1) is 0 Å². The van der Waals surface area contributed by atoms with Crippen molar-refractivity contribution < 1.29 is 0 Å². The highest BCUT2D eigenvalue weighted by Gasteiger charge is 2.23. The van der Waals surface area contributed by atoms with Crippen molar-refractivity contribution in [3.05, 3.63) is 35.4 Å². The predicted molar refractivity (Wildman–Crippen MR) is 87.1 cm³/mol. The molecule has 1 aromatic rings. The molecule has 0 radical (unpaired) electrons. The zero-order valence-corrected chi connectivity index (χ0v) is 13.4. The van der Waals surface area contributed by atoms with Gasteiger partial charge in [-0.1, -0.05) is 50.1 Å². The van der Waals surface area contributed by atoms with Crippen molar-refractivity contribution >= 4 is 0 Å². The molecule has 2 rings (SSSR count). The van der Waals surface area contributed by atoms with Crippen LogP contribution in [0.1, 0.15) is 50.3 Å². The molecule has 2 heteroatoms. The van der Waals surface area contributed by atoms with Crippen LogP contribution in [0.3, 0.4) is 0 Å². The fraction of sp³-hybridized carbons (Fsp3) is 0.667. The number of nitrogens with one attached hydrogen (secondary N) is 1. The van der Waals surface area contributed by atoms with Gasteiger partial charge in [-0.05, 0) is 44.3 Å². The minimum absolute atomic E-state index is 0.478. The minimum atomic E-state index is 0.478. The molecular formula is C18H30N2. The standard InChI is InChI=1S/C18H30N2/c1-4-11-19-18(17-8-6-15(3)7-9-17)14-20-12-10-16(5-2)13-20/h6-9,16,18-19H,4-5,10-14H2,1-3H3. The number of benzene rings is 1. The first-order valence-corrected chi connectivity index (χ1v) is 8.25. The van der Waals surface area contributed by atoms with E-state index in [2.05, 4.69) is 55.3 Å². The number of nitrogens with zero attached hydrogens (tertiary/aromatic N) is 1. The van der Waals surface area contributed by atoms with Crippen molar-refractivity contribution in [1.82, 2.24) is 10.2 Å². The smallest absolute Gasteiger partial charge is 0.0449 e. The van der Waals surface area contributed by atoms with Crippen molar-refractivity contribution in [2.75, 3.05) is 26.2 Å². The summed E-state index contributed by atoms with van der Waals surface area (Å²) >= 11 is 0. The molecule has 0 aliphatic carbocycles. The van der Waals surface area contributed by atoms with Gasteiger partial charge in [-0.15, -0.1) is 0 Å². The SMILES string of the molecule is CCCNC(CN1CCC(CC)C1)c1ccc(C)cc1. The Balaban J connectivity index is 1.98. The zero-order chi connectivity index (χ0) is 14.4. The van der Waals surface area contributed by atoms with E-state index < -0.39 is 0 Å². The Morgan fingerprint density at radius 1 is 1.25 bits per heavy atom. The maximum absolute atomic E-state index is 3.72. The summed E-state index contributed by atoms with van der Waals surface area (Å²) in [5, 5.41) is 3.72. The first kappa shape index (κ1) is 15.5. The molecule has 1 aliphatic heterocycles. The van der Waals surface area contributed by atoms with E-state index in [9.17, 15) is 0 Å². The van der Waals surface area contributed by atoms with Gasteiger partial charge < -0.3 is 10.2 Å². The highest BCUT2D eigenvalue weighted by atomic mass is 15.2. The lowest BCUT2D eigenvalue weighted by molar-refractivity contribution is 0.281. The number of aryl methyl sites for hydroxylation is 1. The van der Waals surface area contributed by atoms with Crippen LogP contribution in [-0.2, 0) is 0 Å². The van der Waals surface area contributed by atoms with Gasteiger partial charge in [0.1, 0.15) is 0 Å². The third-order valence-electron chi connectivity index (χ3n) is 4.51. The summed E-state index contributed by atoms with van der Waals surface area (Å²) in [6.07, 6.45) is 3.90. The Hall–Kier alpha value is -0.860. The average molecular weight is 274 g/mol. The van der Waals surface area contributed by atoms with Gasteiger partial charge in [-0.25, -0.2) is 0 Å². The summed E-state index contributed by atoms with van der Waals surface area (Å²) in [4.78, 5) is 2.64. The van der Waals surface area contributed by atoms with Gasteiger partial charge in [0, 0.05) is 19.1 Å². The molecule has 0 spiro atoms. The Bertz CT molecular complexity index is 385. The molecule has 0 bridgehead atoms. The molecule has 112 valence electrons. The highest BCUT2D eigenvalue weighted by molar-refractivity contribution is 5.24. The number of hydrogen-bond acceptors (Lipinski definition) is 2. The van der Waals surface area contributed by atoms with Gasteiger partial charge in [0.2, 0.25) is 0 Å². The molecule has 1 saturated heterocycles. The van der Waals surface area contributed by atoms with Crippen LogP contribution in [-0.4, -0.2) is 31.1 Å². The monoisotopic (exact) mass is 274 g/mol. The molecule has 2 atom stereocenters. The number of hydrogen-bond donors (Lipinski definition) is 1. The summed E-state index contributed by atoms with van der Waals surface area (Å²) in [5.74, 6) is 0.917. The van der Waals surface area contributed by atoms with Gasteiger partial charge in [-0.2, -0.15) is 0 Å². The van der Waals surface area contributed by atoms with Crippen molar-refractivity contribution in [3.8, 4) is 0 Å². The number of rotatable bonds is 7. The molecule has 1 fully saturated rings. The Morgan fingerprint density at radius 3 is 2.60 bits per heavy atom. The lowest BCUT2D eigenvalue weighted by Crippen LogP contribution is -2.34. The molecule has 0 saturated carbocycles. The van der Waals surface area contributed by atoms with E-state index in [4.69, 9.17) is 0 Å². The van der Waals surface area contributed by atoms with E-state index in [1.54, 1.807) is 0 Å². The van der Waals surface area contributed by atoms with Crippen molar-refractivity contribution in [2.45, 2.75) is 46.1 Å². The molecule has 1 heterocycles. The molecule has 20 heavy (non-hydrogen) atoms. The third kappa shape index (κ3) is 4.32. The van der Waals surface area contributed by atoms with Crippen LogP contribution in [0.4, 0.5) is 0 Å². The zero-order valence-electron chi connectivity index (χ0n) is 13.4. The van der Waals surface area contributed by atoms with Gasteiger partial charge in [0.25, 0.3) is 0 Å². The molecule has 0 amide bonds. The van der Waals surface area contributed by atoms with Gasteiger partial charge in [0.15, 0.2) is 0 Å². The lowest BCUT2D eigenvalue weighted by Gasteiger charge is -2.25. The fourth-order valence-corrected chi connectivity index (χ4v) is 3.08. The second kappa shape index (κ2) is 7.80. The molecule has 1 aliphatic rings. The van der Waals surface area contributed by atoms with Crippen LogP contribution in [0, 0.1) is 12.8 Å². The molecule has 1 aromatic carbocycles. The topological polar surface area (TPSA) is 15.3 Å². The van der Waals surface area contributed by atoms with E-state index in [0.717, 1.165) is 19.0 Å². The lowest BCUT2D eigenvalue weighted by atomic mass is 10.0. The van der Waals surface area contributed by atoms with Gasteiger partial charge >= 0.3 is 0 Å². The predicted octanol–water partition coefficient (Wildman–Crippen LogP) is 3.77. The molecular weight excluding hydrogens is 244 g/mol. The van der Waals surface area contributed by atoms with Crippen molar-refractivity contribution in [3.63, 3.8) is 0 Å². The molecule has 1 N–H and O–H groups in total. The highest BCUT2D eigenvalue weighted by Crippen LogP contribution is 2.23. The molecule has 2 nitrogen and oxygen atoms in total. The molecule has 0 aromatic heterocycles. The summed E-state index contributed by atoms with van der Waals surface area (Å²) in [6.45, 7) is 11.5. The van der Waals surface area contributed by atoms with Crippen LogP contribution >= 0.6 is 0 Å². The van der Waals surface area contributed by atoms with Crippen LogP contribution in [0.15, 0.2) is 24.3 Å². The van der Waals surface area contributed by atoms with Crippen LogP contribution in [0.25, 0.3) is 0 Å². The van der Waals surface area contributed by atoms with E-state index in [1.165, 1.54) is 43.5 Å². The number of likely N-dealkylation sites (tertiary alicyclic amines) is 1. The normalized spacial score (nSPS) is 21.2. The van der Waals surface area contributed by atoms with Crippen LogP contribution < -0.4 is 5.32 Å². The van der Waals surface area contributed by atoms with E-state index in [-0.39, 0.29) is 0 Å². The van der Waals surface area contributed by atoms with Crippen LogP contribution in [0.5, 0.6) is 0 Å². The second-order valence-corrected chi connectivity index (χ2v) is 6.24. The van der Waals surface area contributed by atoms with Crippen molar-refractivity contribution in [1.29, 1.82) is 0 Å². The minimum Gasteiger partial charge on any atom is -0.309 e. The Kier molecular flexibility index (Phi) is 6.06. The van der Waals surface area contributed by atoms with Gasteiger partial charge in [-0.3, -0.25) is 0 Å². The molecule has 2 unspecified atom stereocenters. The van der Waals surface area contributed by atoms with E-state index in [0.29, 0.717) is 6.04 Å². The van der Waals surface area contributed by atoms with E-state index in [1.807, 2.05) is 0 Å². The van der Waals surface area contributed by atoms with E-state index >= 15 is 0 Å². The fourth-order valence-electron chi connectivity index (χ4n) is 3.08. The van der Waals surface area contributed by atoms with Crippen LogP contribution in [0.2, 0.25) is 0 Å². The maximum Gasteiger partial charge on any atom is 0.0449 e. The largest absolute Gasteiger partial charge is 0.309 e. The quantitative estimate of drug-likeness (QED) is 0.814. The Morgan fingerprint density at radius 2 is 2.00 bits per heavy atom. The average Bonchev–Trinajstić information content (AvgIpc) is 2.92.